The van der Waals surface area contributed by atoms with Gasteiger partial charge in [-0.2, -0.15) is 0 Å². The number of ether oxygens (including phenoxy) is 1. The lowest BCUT2D eigenvalue weighted by atomic mass is 9.75. The number of amides is 1. The highest BCUT2D eigenvalue weighted by Gasteiger charge is 2.23. The molecule has 2 heterocycles. The first-order valence-electron chi connectivity index (χ1n) is 5.74. The van der Waals surface area contributed by atoms with Crippen LogP contribution in [0.1, 0.15) is 10.4 Å². The van der Waals surface area contributed by atoms with Crippen molar-refractivity contribution in [1.29, 1.82) is 0 Å². The van der Waals surface area contributed by atoms with Gasteiger partial charge in [0.25, 0.3) is 5.91 Å². The van der Waals surface area contributed by atoms with Gasteiger partial charge in [0.15, 0.2) is 0 Å². The van der Waals surface area contributed by atoms with Gasteiger partial charge in [0.1, 0.15) is 17.1 Å². The Bertz CT molecular complexity index is 622. The fraction of sp³-hybridized carbons (Fsp3) is 0.0769. The Kier molecular flexibility index (Phi) is 2.83. The highest BCUT2D eigenvalue weighted by Crippen LogP contribution is 2.32. The van der Waals surface area contributed by atoms with Crippen LogP contribution in [0.25, 0.3) is 0 Å². The maximum Gasteiger partial charge on any atom is 0.381 e. The lowest BCUT2D eigenvalue weighted by Gasteiger charge is -2.14. The Hall–Kier alpha value is -2.50. The Balaban J connectivity index is 1.87. The average Bonchev–Trinajstić information content (AvgIpc) is 2.86. The summed E-state index contributed by atoms with van der Waals surface area (Å²) in [6.45, 7) is 0. The Morgan fingerprint density at radius 3 is 3.26 bits per heavy atom. The van der Waals surface area contributed by atoms with Gasteiger partial charge in [-0.05, 0) is 23.8 Å². The highest BCUT2D eigenvalue weighted by atomic mass is 16.5. The maximum absolute atomic E-state index is 11.3. The SMILES string of the molecule is NC(=O)c1cnccc1OC1=CC2=CO[B]C2C=C1. The molecule has 0 aromatic carbocycles. The molecule has 3 rings (SSSR count). The minimum atomic E-state index is -0.571. The van der Waals surface area contributed by atoms with Crippen molar-refractivity contribution in [3.63, 3.8) is 0 Å². The van der Waals surface area contributed by atoms with Gasteiger partial charge in [-0.3, -0.25) is 9.78 Å². The molecule has 5 nitrogen and oxygen atoms in total. The van der Waals surface area contributed by atoms with Crippen LogP contribution in [0.5, 0.6) is 5.75 Å². The van der Waals surface area contributed by atoms with Gasteiger partial charge in [-0.15, -0.1) is 0 Å². The molecule has 0 saturated carbocycles. The lowest BCUT2D eigenvalue weighted by molar-refractivity contribution is 0.0997. The summed E-state index contributed by atoms with van der Waals surface area (Å²) in [5, 5.41) is 0. The van der Waals surface area contributed by atoms with Crippen molar-refractivity contribution in [1.82, 2.24) is 4.98 Å². The standard InChI is InChI=1S/C13H10BN2O3/c15-13(17)10-6-16-4-3-12(10)19-9-1-2-11-8(5-9)7-18-14-11/h1-7,11H,(H2,15,17). The third-order valence-corrected chi connectivity index (χ3v) is 2.87. The highest BCUT2D eigenvalue weighted by molar-refractivity contribution is 6.33. The zero-order valence-corrected chi connectivity index (χ0v) is 9.95. The largest absolute Gasteiger partial charge is 0.567 e. The molecule has 1 aliphatic carbocycles. The quantitative estimate of drug-likeness (QED) is 0.824. The van der Waals surface area contributed by atoms with Crippen LogP contribution in [0.4, 0.5) is 0 Å². The minimum absolute atomic E-state index is 0.167. The summed E-state index contributed by atoms with van der Waals surface area (Å²) in [7, 11) is 1.74. The number of nitrogens with zero attached hydrogens (tertiary/aromatic N) is 1. The lowest BCUT2D eigenvalue weighted by Crippen LogP contribution is -2.13. The van der Waals surface area contributed by atoms with Crippen molar-refractivity contribution in [2.24, 2.45) is 5.73 Å². The molecule has 1 unspecified atom stereocenters. The van der Waals surface area contributed by atoms with Gasteiger partial charge in [-0.1, -0.05) is 6.08 Å². The second-order valence-electron chi connectivity index (χ2n) is 4.16. The molecule has 1 radical (unpaired) electrons. The molecule has 19 heavy (non-hydrogen) atoms. The molecule has 1 aliphatic heterocycles. The van der Waals surface area contributed by atoms with Gasteiger partial charge in [0, 0.05) is 18.2 Å². The van der Waals surface area contributed by atoms with E-state index in [1.54, 1.807) is 26.0 Å². The van der Waals surface area contributed by atoms with Crippen molar-refractivity contribution in [3.8, 4) is 5.75 Å². The second kappa shape index (κ2) is 4.64. The number of aromatic nitrogens is 1. The van der Waals surface area contributed by atoms with Gasteiger partial charge in [0.05, 0.1) is 6.26 Å². The van der Waals surface area contributed by atoms with E-state index in [0.717, 1.165) is 5.57 Å². The van der Waals surface area contributed by atoms with Crippen molar-refractivity contribution in [2.45, 2.75) is 5.82 Å². The monoisotopic (exact) mass is 253 g/mol. The molecule has 0 saturated heterocycles. The van der Waals surface area contributed by atoms with Crippen LogP contribution in [0, 0.1) is 0 Å². The number of primary amides is 1. The first kappa shape index (κ1) is 11.6. The van der Waals surface area contributed by atoms with E-state index in [2.05, 4.69) is 4.98 Å². The molecule has 2 aliphatic rings. The zero-order valence-electron chi connectivity index (χ0n) is 9.95. The number of fused-ring (bicyclic) bond motifs is 1. The average molecular weight is 253 g/mol. The van der Waals surface area contributed by atoms with E-state index in [9.17, 15) is 4.79 Å². The van der Waals surface area contributed by atoms with Crippen LogP contribution in [0.15, 0.2) is 54.3 Å². The van der Waals surface area contributed by atoms with Crippen molar-refractivity contribution >= 4 is 13.4 Å². The maximum atomic E-state index is 11.3. The van der Waals surface area contributed by atoms with E-state index in [1.165, 1.54) is 6.20 Å². The van der Waals surface area contributed by atoms with Gasteiger partial charge >= 0.3 is 7.48 Å². The van der Waals surface area contributed by atoms with E-state index in [1.807, 2.05) is 18.2 Å². The van der Waals surface area contributed by atoms with Crippen LogP contribution < -0.4 is 10.5 Å². The number of hydrogen-bond acceptors (Lipinski definition) is 4. The normalized spacial score (nSPS) is 19.7. The fourth-order valence-corrected chi connectivity index (χ4v) is 1.90. The first-order valence-corrected chi connectivity index (χ1v) is 5.74. The number of nitrogens with two attached hydrogens (primary N) is 1. The molecule has 2 N–H and O–H groups in total. The molecule has 1 atom stereocenters. The number of carbonyl (C=O) groups excluding carboxylic acids is 1. The van der Waals surface area contributed by atoms with Crippen molar-refractivity contribution in [3.05, 3.63) is 59.8 Å². The molecule has 0 fully saturated rings. The summed E-state index contributed by atoms with van der Waals surface area (Å²) in [5.74, 6) is 0.606. The predicted molar refractivity (Wildman–Crippen MR) is 69.3 cm³/mol. The predicted octanol–water partition coefficient (Wildman–Crippen LogP) is 1.33. The minimum Gasteiger partial charge on any atom is -0.567 e. The number of hydrogen-bond donors (Lipinski definition) is 1. The molecule has 93 valence electrons. The molecule has 1 aromatic heterocycles. The van der Waals surface area contributed by atoms with Crippen LogP contribution in [-0.2, 0) is 4.65 Å². The third kappa shape index (κ3) is 2.24. The summed E-state index contributed by atoms with van der Waals surface area (Å²) < 4.78 is 10.8. The van der Waals surface area contributed by atoms with Crippen molar-refractivity contribution in [2.75, 3.05) is 0 Å². The number of pyridine rings is 1. The van der Waals surface area contributed by atoms with Crippen LogP contribution in [0.2, 0.25) is 5.82 Å². The van der Waals surface area contributed by atoms with Crippen molar-refractivity contribution < 1.29 is 14.2 Å². The van der Waals surface area contributed by atoms with E-state index in [-0.39, 0.29) is 11.4 Å². The number of allylic oxidation sites excluding steroid dienone is 4. The van der Waals surface area contributed by atoms with Gasteiger partial charge < -0.3 is 15.1 Å². The molecular formula is C13H10BN2O3. The smallest absolute Gasteiger partial charge is 0.381 e. The summed E-state index contributed by atoms with van der Waals surface area (Å²) >= 11 is 0. The fourth-order valence-electron chi connectivity index (χ4n) is 1.90. The molecule has 0 spiro atoms. The first-order chi connectivity index (χ1) is 9.24. The van der Waals surface area contributed by atoms with Crippen LogP contribution >= 0.6 is 0 Å². The van der Waals surface area contributed by atoms with Crippen LogP contribution in [0.3, 0.4) is 0 Å². The van der Waals surface area contributed by atoms with Gasteiger partial charge in [-0.25, -0.2) is 0 Å². The second-order valence-corrected chi connectivity index (χ2v) is 4.16. The molecule has 1 amide bonds. The molecule has 6 heteroatoms. The van der Waals surface area contributed by atoms with E-state index in [0.29, 0.717) is 11.5 Å². The summed E-state index contributed by atoms with van der Waals surface area (Å²) in [4.78, 5) is 15.1. The molecule has 1 aromatic rings. The van der Waals surface area contributed by atoms with Gasteiger partial charge in [0.2, 0.25) is 0 Å². The van der Waals surface area contributed by atoms with E-state index < -0.39 is 5.91 Å². The van der Waals surface area contributed by atoms with Crippen LogP contribution in [-0.4, -0.2) is 18.4 Å². The van der Waals surface area contributed by atoms with E-state index >= 15 is 0 Å². The number of carbonyl (C=O) groups is 1. The third-order valence-electron chi connectivity index (χ3n) is 2.87. The molecule has 0 bridgehead atoms. The molecular weight excluding hydrogens is 243 g/mol. The Labute approximate surface area is 110 Å². The summed E-state index contributed by atoms with van der Waals surface area (Å²) in [6.07, 6.45) is 10.2. The zero-order chi connectivity index (χ0) is 13.2. The number of rotatable bonds is 3. The van der Waals surface area contributed by atoms with E-state index in [4.69, 9.17) is 15.1 Å². The summed E-state index contributed by atoms with van der Waals surface area (Å²) in [6, 6.07) is 1.60. The Morgan fingerprint density at radius 2 is 2.42 bits per heavy atom. The summed E-state index contributed by atoms with van der Waals surface area (Å²) in [5.41, 5.74) is 6.53. The topological polar surface area (TPSA) is 74.4 Å². The Morgan fingerprint density at radius 1 is 1.53 bits per heavy atom.